The van der Waals surface area contributed by atoms with Crippen LogP contribution in [0.2, 0.25) is 5.02 Å². The smallest absolute Gasteiger partial charge is 0.264 e. The topological polar surface area (TPSA) is 87.7 Å². The summed E-state index contributed by atoms with van der Waals surface area (Å²) in [5, 5.41) is 4.73. The predicted octanol–water partition coefficient (Wildman–Crippen LogP) is 4.88. The summed E-state index contributed by atoms with van der Waals surface area (Å²) in [5.74, 6) is 1.49. The minimum absolute atomic E-state index is 0.197. The van der Waals surface area contributed by atoms with Crippen LogP contribution in [0.3, 0.4) is 0 Å². The van der Waals surface area contributed by atoms with Crippen LogP contribution in [0.4, 0.5) is 0 Å². The van der Waals surface area contributed by atoms with Gasteiger partial charge in [-0.25, -0.2) is 9.97 Å². The van der Waals surface area contributed by atoms with Gasteiger partial charge in [0.05, 0.1) is 27.7 Å². The second-order valence-electron chi connectivity index (χ2n) is 9.64. The molecule has 0 saturated heterocycles. The number of halogens is 1. The maximum Gasteiger partial charge on any atom is 0.264 e. The van der Waals surface area contributed by atoms with Crippen molar-refractivity contribution in [1.29, 1.82) is 0 Å². The SMILES string of the molecule is Cc1cnc(C(C)(C)C)nc1-c1ccc(Cl)c(-n2c(C)nc(OCc3ccn(C)n3)c(C)c2=O)c1. The fraction of sp³-hybridized carbons (Fsp3) is 0.346. The number of ether oxygens (including phenoxy) is 1. The number of aromatic nitrogens is 6. The van der Waals surface area contributed by atoms with Gasteiger partial charge < -0.3 is 4.74 Å². The molecule has 0 aliphatic rings. The van der Waals surface area contributed by atoms with E-state index >= 15 is 0 Å². The predicted molar refractivity (Wildman–Crippen MR) is 136 cm³/mol. The average molecular weight is 493 g/mol. The molecule has 0 aliphatic carbocycles. The van der Waals surface area contributed by atoms with Crippen molar-refractivity contribution >= 4 is 11.6 Å². The summed E-state index contributed by atoms with van der Waals surface area (Å²) in [6, 6.07) is 7.40. The van der Waals surface area contributed by atoms with E-state index in [4.69, 9.17) is 21.3 Å². The van der Waals surface area contributed by atoms with Crippen LogP contribution in [0, 0.1) is 20.8 Å². The zero-order chi connectivity index (χ0) is 25.5. The second-order valence-corrected chi connectivity index (χ2v) is 10.0. The van der Waals surface area contributed by atoms with Crippen LogP contribution in [0.5, 0.6) is 5.88 Å². The molecular weight excluding hydrogens is 464 g/mol. The summed E-state index contributed by atoms with van der Waals surface area (Å²) in [6.45, 7) is 11.9. The van der Waals surface area contributed by atoms with Crippen molar-refractivity contribution in [3.63, 3.8) is 0 Å². The molecule has 0 radical (unpaired) electrons. The third-order valence-electron chi connectivity index (χ3n) is 5.66. The molecule has 3 heterocycles. The van der Waals surface area contributed by atoms with Crippen LogP contribution in [-0.4, -0.2) is 29.3 Å². The number of benzene rings is 1. The van der Waals surface area contributed by atoms with Crippen LogP contribution in [0.25, 0.3) is 16.9 Å². The molecular formula is C26H29ClN6O2. The summed E-state index contributed by atoms with van der Waals surface area (Å²) in [4.78, 5) is 27.3. The van der Waals surface area contributed by atoms with Gasteiger partial charge in [0.2, 0.25) is 5.88 Å². The Bertz CT molecular complexity index is 1470. The van der Waals surface area contributed by atoms with Gasteiger partial charge in [0.1, 0.15) is 18.3 Å². The van der Waals surface area contributed by atoms with Crippen molar-refractivity contribution in [2.24, 2.45) is 7.05 Å². The van der Waals surface area contributed by atoms with Gasteiger partial charge >= 0.3 is 0 Å². The molecule has 1 aromatic carbocycles. The zero-order valence-electron chi connectivity index (χ0n) is 21.0. The van der Waals surface area contributed by atoms with Gasteiger partial charge in [-0.15, -0.1) is 0 Å². The molecule has 0 atom stereocenters. The molecule has 35 heavy (non-hydrogen) atoms. The van der Waals surface area contributed by atoms with Gasteiger partial charge in [-0.3, -0.25) is 14.0 Å². The second kappa shape index (κ2) is 9.26. The summed E-state index contributed by atoms with van der Waals surface area (Å²) >= 11 is 6.58. The summed E-state index contributed by atoms with van der Waals surface area (Å²) in [7, 11) is 1.84. The Morgan fingerprint density at radius 3 is 2.49 bits per heavy atom. The third kappa shape index (κ3) is 4.98. The van der Waals surface area contributed by atoms with Crippen LogP contribution in [0.1, 0.15) is 49.2 Å². The standard InChI is InChI=1S/C26H29ClN6O2/c1-15-13-28-25(26(4,5)6)30-22(15)18-8-9-20(27)21(12-18)33-17(3)29-23(16(2)24(33)34)35-14-19-10-11-32(7)31-19/h8-13H,14H2,1-7H3. The van der Waals surface area contributed by atoms with Crippen LogP contribution in [-0.2, 0) is 19.1 Å². The average Bonchev–Trinajstić information content (AvgIpc) is 3.21. The molecule has 3 aromatic heterocycles. The lowest BCUT2D eigenvalue weighted by atomic mass is 9.95. The highest BCUT2D eigenvalue weighted by atomic mass is 35.5. The first kappa shape index (κ1) is 24.6. The minimum Gasteiger partial charge on any atom is -0.471 e. The molecule has 0 saturated carbocycles. The maximum atomic E-state index is 13.4. The van der Waals surface area contributed by atoms with E-state index in [1.54, 1.807) is 24.6 Å². The van der Waals surface area contributed by atoms with Gasteiger partial charge in [0.15, 0.2) is 0 Å². The Morgan fingerprint density at radius 2 is 1.83 bits per heavy atom. The van der Waals surface area contributed by atoms with Crippen LogP contribution in [0.15, 0.2) is 41.5 Å². The summed E-state index contributed by atoms with van der Waals surface area (Å²) in [6.07, 6.45) is 3.66. The van der Waals surface area contributed by atoms with Gasteiger partial charge in [-0.2, -0.15) is 10.1 Å². The van der Waals surface area contributed by atoms with Gasteiger partial charge in [0, 0.05) is 30.4 Å². The van der Waals surface area contributed by atoms with E-state index in [1.807, 2.05) is 44.6 Å². The lowest BCUT2D eigenvalue weighted by Gasteiger charge is -2.19. The van der Waals surface area contributed by atoms with Crippen LogP contribution < -0.4 is 10.3 Å². The largest absolute Gasteiger partial charge is 0.471 e. The molecule has 8 nitrogen and oxygen atoms in total. The zero-order valence-corrected chi connectivity index (χ0v) is 21.8. The molecule has 0 fully saturated rings. The molecule has 0 bridgehead atoms. The summed E-state index contributed by atoms with van der Waals surface area (Å²) < 4.78 is 9.03. The number of rotatable bonds is 5. The van der Waals surface area contributed by atoms with Gasteiger partial charge in [-0.1, -0.05) is 38.4 Å². The quantitative estimate of drug-likeness (QED) is 0.394. The number of nitrogens with zero attached hydrogens (tertiary/aromatic N) is 6. The Labute approximate surface area is 209 Å². The molecule has 0 spiro atoms. The Morgan fingerprint density at radius 1 is 1.09 bits per heavy atom. The fourth-order valence-corrected chi connectivity index (χ4v) is 3.92. The van der Waals surface area contributed by atoms with E-state index < -0.39 is 0 Å². The normalized spacial score (nSPS) is 11.7. The monoisotopic (exact) mass is 492 g/mol. The highest BCUT2D eigenvalue weighted by molar-refractivity contribution is 6.32. The maximum absolute atomic E-state index is 13.4. The molecule has 0 N–H and O–H groups in total. The highest BCUT2D eigenvalue weighted by Gasteiger charge is 2.21. The van der Waals surface area contributed by atoms with Crippen molar-refractivity contribution in [3.8, 4) is 22.8 Å². The van der Waals surface area contributed by atoms with Crippen LogP contribution >= 0.6 is 11.6 Å². The van der Waals surface area contributed by atoms with Crippen molar-refractivity contribution in [2.45, 2.75) is 53.6 Å². The van der Waals surface area contributed by atoms with E-state index in [0.29, 0.717) is 22.1 Å². The Kier molecular flexibility index (Phi) is 6.51. The van der Waals surface area contributed by atoms with Crippen molar-refractivity contribution in [2.75, 3.05) is 0 Å². The first-order chi connectivity index (χ1) is 16.5. The van der Waals surface area contributed by atoms with E-state index in [9.17, 15) is 4.79 Å². The molecule has 0 aliphatic heterocycles. The molecule has 9 heteroatoms. The van der Waals surface area contributed by atoms with Crippen molar-refractivity contribution in [1.82, 2.24) is 29.3 Å². The third-order valence-corrected chi connectivity index (χ3v) is 5.98. The van der Waals surface area contributed by atoms with E-state index in [2.05, 4.69) is 35.8 Å². The molecule has 0 unspecified atom stereocenters. The lowest BCUT2D eigenvalue weighted by Crippen LogP contribution is -2.25. The van der Waals surface area contributed by atoms with E-state index in [1.165, 1.54) is 4.57 Å². The highest BCUT2D eigenvalue weighted by Crippen LogP contribution is 2.30. The van der Waals surface area contributed by atoms with Gasteiger partial charge in [0.25, 0.3) is 5.56 Å². The molecule has 182 valence electrons. The van der Waals surface area contributed by atoms with E-state index in [-0.39, 0.29) is 23.5 Å². The molecule has 0 amide bonds. The van der Waals surface area contributed by atoms with Crippen molar-refractivity contribution < 1.29 is 4.74 Å². The number of hydrogen-bond acceptors (Lipinski definition) is 6. The fourth-order valence-electron chi connectivity index (χ4n) is 3.72. The van der Waals surface area contributed by atoms with E-state index in [0.717, 1.165) is 28.3 Å². The first-order valence-corrected chi connectivity index (χ1v) is 11.7. The Balaban J connectivity index is 1.76. The summed E-state index contributed by atoms with van der Waals surface area (Å²) in [5.41, 5.74) is 3.81. The molecule has 4 rings (SSSR count). The van der Waals surface area contributed by atoms with Crippen molar-refractivity contribution in [3.05, 3.63) is 80.5 Å². The van der Waals surface area contributed by atoms with Gasteiger partial charge in [-0.05, 0) is 44.5 Å². The Hall–Kier alpha value is -3.52. The lowest BCUT2D eigenvalue weighted by molar-refractivity contribution is 0.283. The minimum atomic E-state index is -0.248. The number of aryl methyl sites for hydroxylation is 3. The number of hydrogen-bond donors (Lipinski definition) is 0. The molecule has 4 aromatic rings. The first-order valence-electron chi connectivity index (χ1n) is 11.3.